The van der Waals surface area contributed by atoms with Crippen LogP contribution in [0.5, 0.6) is 5.75 Å². The van der Waals surface area contributed by atoms with Crippen molar-refractivity contribution in [2.24, 2.45) is 0 Å². The third-order valence-electron chi connectivity index (χ3n) is 5.45. The van der Waals surface area contributed by atoms with Crippen molar-refractivity contribution < 1.29 is 14.3 Å². The summed E-state index contributed by atoms with van der Waals surface area (Å²) in [7, 11) is 1.64. The van der Waals surface area contributed by atoms with E-state index < -0.39 is 0 Å². The molecule has 0 aromatic heterocycles. The first-order valence-corrected chi connectivity index (χ1v) is 10.7. The molecule has 1 fully saturated rings. The van der Waals surface area contributed by atoms with E-state index in [4.69, 9.17) is 4.74 Å². The largest absolute Gasteiger partial charge is 0.496 e. The van der Waals surface area contributed by atoms with Gasteiger partial charge in [0.1, 0.15) is 5.75 Å². The van der Waals surface area contributed by atoms with E-state index in [0.29, 0.717) is 4.91 Å². The molecule has 0 saturated carbocycles. The molecule has 152 valence electrons. The van der Waals surface area contributed by atoms with Crippen LogP contribution in [0.15, 0.2) is 83.8 Å². The van der Waals surface area contributed by atoms with E-state index in [-0.39, 0.29) is 17.7 Å². The molecular weight excluding hydrogens is 406 g/mol. The van der Waals surface area contributed by atoms with E-state index in [1.54, 1.807) is 13.2 Å². The molecule has 1 aliphatic heterocycles. The number of amides is 2. The van der Waals surface area contributed by atoms with Crippen LogP contribution >= 0.6 is 11.8 Å². The second kappa shape index (κ2) is 7.93. The smallest absolute Gasteiger partial charge is 0.293 e. The normalized spacial score (nSPS) is 15.4. The molecule has 1 heterocycles. The number of carbonyl (C=O) groups excluding carboxylic acids is 2. The van der Waals surface area contributed by atoms with Gasteiger partial charge in [-0.1, -0.05) is 66.7 Å². The number of fused-ring (bicyclic) bond motifs is 2. The number of thioether (sulfide) groups is 1. The number of ether oxygens (including phenoxy) is 1. The summed E-state index contributed by atoms with van der Waals surface area (Å²) in [6, 6.07) is 25.7. The summed E-state index contributed by atoms with van der Waals surface area (Å²) in [6.07, 6.45) is 1.80. The number of methoxy groups -OCH3 is 1. The van der Waals surface area contributed by atoms with E-state index in [1.807, 2.05) is 78.9 Å². The Morgan fingerprint density at radius 1 is 0.871 bits per heavy atom. The maximum Gasteiger partial charge on any atom is 0.293 e. The van der Waals surface area contributed by atoms with Crippen molar-refractivity contribution in [1.82, 2.24) is 4.90 Å². The van der Waals surface area contributed by atoms with Crippen LogP contribution in [-0.2, 0) is 11.3 Å². The lowest BCUT2D eigenvalue weighted by Crippen LogP contribution is -2.27. The Balaban J connectivity index is 1.46. The van der Waals surface area contributed by atoms with E-state index in [1.165, 1.54) is 4.90 Å². The van der Waals surface area contributed by atoms with E-state index in [0.717, 1.165) is 50.2 Å². The van der Waals surface area contributed by atoms with Gasteiger partial charge in [0.25, 0.3) is 11.1 Å². The lowest BCUT2D eigenvalue weighted by atomic mass is 10.0. The molecule has 4 nitrogen and oxygen atoms in total. The third-order valence-corrected chi connectivity index (χ3v) is 6.36. The summed E-state index contributed by atoms with van der Waals surface area (Å²) < 4.78 is 5.45. The Hall–Kier alpha value is -3.57. The van der Waals surface area contributed by atoms with Crippen LogP contribution in [0.2, 0.25) is 0 Å². The highest BCUT2D eigenvalue weighted by Crippen LogP contribution is 2.36. The van der Waals surface area contributed by atoms with Crippen molar-refractivity contribution in [2.45, 2.75) is 6.54 Å². The molecule has 5 rings (SSSR count). The van der Waals surface area contributed by atoms with Gasteiger partial charge >= 0.3 is 0 Å². The molecule has 0 radical (unpaired) electrons. The minimum absolute atomic E-state index is 0.248. The predicted octanol–water partition coefficient (Wildman–Crippen LogP) is 6.24. The van der Waals surface area contributed by atoms with Crippen LogP contribution in [0.25, 0.3) is 27.6 Å². The van der Waals surface area contributed by atoms with Crippen molar-refractivity contribution in [1.29, 1.82) is 0 Å². The Morgan fingerprint density at radius 3 is 2.42 bits per heavy atom. The lowest BCUT2D eigenvalue weighted by molar-refractivity contribution is -0.123. The first-order chi connectivity index (χ1) is 15.1. The molecule has 0 N–H and O–H groups in total. The third kappa shape index (κ3) is 3.57. The Kier molecular flexibility index (Phi) is 4.96. The number of carbonyl (C=O) groups is 2. The fourth-order valence-corrected chi connectivity index (χ4v) is 4.73. The zero-order valence-corrected chi connectivity index (χ0v) is 17.7. The second-order valence-electron chi connectivity index (χ2n) is 7.35. The van der Waals surface area contributed by atoms with Crippen molar-refractivity contribution in [2.75, 3.05) is 7.11 Å². The van der Waals surface area contributed by atoms with Gasteiger partial charge in [-0.2, -0.15) is 0 Å². The van der Waals surface area contributed by atoms with Crippen molar-refractivity contribution >= 4 is 50.5 Å². The summed E-state index contributed by atoms with van der Waals surface area (Å²) in [4.78, 5) is 27.4. The fraction of sp³-hybridized carbons (Fsp3) is 0.0769. The van der Waals surface area contributed by atoms with Crippen LogP contribution in [-0.4, -0.2) is 23.2 Å². The van der Waals surface area contributed by atoms with E-state index >= 15 is 0 Å². The molecule has 2 amide bonds. The summed E-state index contributed by atoms with van der Waals surface area (Å²) >= 11 is 0.985. The molecule has 0 bridgehead atoms. The first kappa shape index (κ1) is 19.4. The highest BCUT2D eigenvalue weighted by atomic mass is 32.2. The Bertz CT molecular complexity index is 1380. The number of hydrogen-bond donors (Lipinski definition) is 0. The predicted molar refractivity (Wildman–Crippen MR) is 126 cm³/mol. The van der Waals surface area contributed by atoms with Gasteiger partial charge in [0.15, 0.2) is 0 Å². The molecule has 4 aromatic rings. The molecule has 0 unspecified atom stereocenters. The Morgan fingerprint density at radius 2 is 1.61 bits per heavy atom. The molecule has 4 aromatic carbocycles. The molecule has 0 spiro atoms. The van der Waals surface area contributed by atoms with E-state index in [9.17, 15) is 9.59 Å². The number of rotatable bonds is 4. The monoisotopic (exact) mass is 425 g/mol. The topological polar surface area (TPSA) is 46.6 Å². The van der Waals surface area contributed by atoms with Crippen molar-refractivity contribution in [3.63, 3.8) is 0 Å². The summed E-state index contributed by atoms with van der Waals surface area (Å²) in [5.74, 6) is 0.514. The van der Waals surface area contributed by atoms with Crippen LogP contribution in [0.1, 0.15) is 11.1 Å². The summed E-state index contributed by atoms with van der Waals surface area (Å²) in [6.45, 7) is 0.260. The number of benzene rings is 4. The zero-order chi connectivity index (χ0) is 21.4. The number of imide groups is 1. The van der Waals surface area contributed by atoms with Gasteiger partial charge in [-0.15, -0.1) is 0 Å². The molecular formula is C26H19NO3S. The fourth-order valence-electron chi connectivity index (χ4n) is 3.90. The number of nitrogens with zero attached hydrogens (tertiary/aromatic N) is 1. The second-order valence-corrected chi connectivity index (χ2v) is 8.35. The average Bonchev–Trinajstić information content (AvgIpc) is 3.06. The highest BCUT2D eigenvalue weighted by molar-refractivity contribution is 8.18. The average molecular weight is 426 g/mol. The van der Waals surface area contributed by atoms with Gasteiger partial charge in [0, 0.05) is 5.39 Å². The van der Waals surface area contributed by atoms with Crippen LogP contribution in [0.3, 0.4) is 0 Å². The van der Waals surface area contributed by atoms with Gasteiger partial charge in [-0.05, 0) is 57.3 Å². The van der Waals surface area contributed by atoms with Gasteiger partial charge < -0.3 is 4.74 Å². The minimum Gasteiger partial charge on any atom is -0.496 e. The SMILES string of the molecule is COc1ccc(/C=C2\SC(=O)N(Cc3ccc4ccccc4c3)C2=O)c2ccccc12. The lowest BCUT2D eigenvalue weighted by Gasteiger charge is -2.13. The van der Waals surface area contributed by atoms with Crippen LogP contribution < -0.4 is 4.74 Å². The quantitative estimate of drug-likeness (QED) is 0.363. The molecule has 1 aliphatic rings. The standard InChI is InChI=1S/C26H19NO3S/c1-30-23-13-12-20(21-8-4-5-9-22(21)23)15-24-25(28)27(26(29)31-24)16-17-10-11-18-6-2-3-7-19(18)14-17/h2-15H,16H2,1H3/b24-15-. The van der Waals surface area contributed by atoms with E-state index in [2.05, 4.69) is 0 Å². The summed E-state index contributed by atoms with van der Waals surface area (Å²) in [5, 5.41) is 3.92. The Labute approximate surface area is 184 Å². The van der Waals surface area contributed by atoms with Crippen LogP contribution in [0, 0.1) is 0 Å². The van der Waals surface area contributed by atoms with Crippen LogP contribution in [0.4, 0.5) is 4.79 Å². The minimum atomic E-state index is -0.261. The molecule has 0 atom stereocenters. The molecule has 31 heavy (non-hydrogen) atoms. The van der Waals surface area contributed by atoms with Gasteiger partial charge in [0.05, 0.1) is 18.6 Å². The van der Waals surface area contributed by atoms with Gasteiger partial charge in [-0.25, -0.2) is 0 Å². The molecule has 1 saturated heterocycles. The number of hydrogen-bond acceptors (Lipinski definition) is 4. The first-order valence-electron chi connectivity index (χ1n) is 9.93. The highest BCUT2D eigenvalue weighted by Gasteiger charge is 2.35. The van der Waals surface area contributed by atoms with Gasteiger partial charge in [0.2, 0.25) is 0 Å². The maximum absolute atomic E-state index is 13.0. The molecule has 0 aliphatic carbocycles. The summed E-state index contributed by atoms with van der Waals surface area (Å²) in [5.41, 5.74) is 1.81. The van der Waals surface area contributed by atoms with Crippen molar-refractivity contribution in [3.05, 3.63) is 94.9 Å². The van der Waals surface area contributed by atoms with Crippen molar-refractivity contribution in [3.8, 4) is 5.75 Å². The zero-order valence-electron chi connectivity index (χ0n) is 16.9. The maximum atomic E-state index is 13.0. The van der Waals surface area contributed by atoms with Gasteiger partial charge in [-0.3, -0.25) is 14.5 Å². The molecule has 5 heteroatoms.